The summed E-state index contributed by atoms with van der Waals surface area (Å²) in [4.78, 5) is 0. The lowest BCUT2D eigenvalue weighted by molar-refractivity contribution is 0.0218. The minimum atomic E-state index is 0.303. The predicted octanol–water partition coefficient (Wildman–Crippen LogP) is 1.15. The highest BCUT2D eigenvalue weighted by Gasteiger charge is 2.44. The van der Waals surface area contributed by atoms with Crippen molar-refractivity contribution < 1.29 is 4.74 Å². The van der Waals surface area contributed by atoms with Crippen molar-refractivity contribution in [3.8, 4) is 0 Å². The smallest absolute Gasteiger partial charge is 0.0750 e. The second-order valence-electron chi connectivity index (χ2n) is 3.33. The zero-order valence-electron chi connectivity index (χ0n) is 6.89. The molecule has 1 unspecified atom stereocenters. The van der Waals surface area contributed by atoms with Gasteiger partial charge in [0.05, 0.1) is 6.10 Å². The average Bonchev–Trinajstić information content (AvgIpc) is 2.64. The molecular formula is C8H17NO. The molecule has 2 nitrogen and oxygen atoms in total. The molecule has 1 fully saturated rings. The molecule has 1 aliphatic carbocycles. The molecule has 0 heterocycles. The molecule has 1 saturated carbocycles. The van der Waals surface area contributed by atoms with Crippen molar-refractivity contribution in [2.24, 2.45) is 11.1 Å². The van der Waals surface area contributed by atoms with E-state index in [4.69, 9.17) is 10.5 Å². The van der Waals surface area contributed by atoms with Gasteiger partial charge in [-0.25, -0.2) is 0 Å². The molecule has 1 aliphatic rings. The van der Waals surface area contributed by atoms with E-state index in [9.17, 15) is 0 Å². The Balaban J connectivity index is 2.33. The Labute approximate surface area is 62.7 Å². The van der Waals surface area contributed by atoms with Gasteiger partial charge >= 0.3 is 0 Å². The van der Waals surface area contributed by atoms with Gasteiger partial charge in [-0.15, -0.1) is 0 Å². The maximum atomic E-state index is 5.56. The molecule has 1 rings (SSSR count). The largest absolute Gasteiger partial charge is 0.377 e. The number of ether oxygens (including phenoxy) is 1. The highest BCUT2D eigenvalue weighted by Crippen LogP contribution is 2.48. The molecule has 0 radical (unpaired) electrons. The van der Waals surface area contributed by atoms with Gasteiger partial charge in [0.2, 0.25) is 0 Å². The zero-order valence-corrected chi connectivity index (χ0v) is 6.89. The fourth-order valence-corrected chi connectivity index (χ4v) is 1.27. The van der Waals surface area contributed by atoms with Crippen LogP contribution in [0, 0.1) is 5.41 Å². The molecule has 0 saturated heterocycles. The van der Waals surface area contributed by atoms with Crippen molar-refractivity contribution >= 4 is 0 Å². The quantitative estimate of drug-likeness (QED) is 0.640. The third-order valence-electron chi connectivity index (χ3n) is 2.40. The van der Waals surface area contributed by atoms with Crippen molar-refractivity contribution in [2.45, 2.75) is 32.8 Å². The summed E-state index contributed by atoms with van der Waals surface area (Å²) in [5.41, 5.74) is 5.98. The number of hydrogen-bond acceptors (Lipinski definition) is 2. The summed E-state index contributed by atoms with van der Waals surface area (Å²) < 4.78 is 5.49. The molecule has 0 bridgehead atoms. The first-order valence-corrected chi connectivity index (χ1v) is 4.04. The van der Waals surface area contributed by atoms with Crippen LogP contribution in [0.4, 0.5) is 0 Å². The lowest BCUT2D eigenvalue weighted by atomic mass is 10.0. The summed E-state index contributed by atoms with van der Waals surface area (Å²) in [5.74, 6) is 0. The van der Waals surface area contributed by atoms with E-state index in [1.54, 1.807) is 0 Å². The van der Waals surface area contributed by atoms with E-state index in [2.05, 4.69) is 6.92 Å². The van der Waals surface area contributed by atoms with Crippen LogP contribution < -0.4 is 5.73 Å². The summed E-state index contributed by atoms with van der Waals surface area (Å²) >= 11 is 0. The van der Waals surface area contributed by atoms with Crippen LogP contribution in [0.3, 0.4) is 0 Å². The van der Waals surface area contributed by atoms with E-state index < -0.39 is 0 Å². The van der Waals surface area contributed by atoms with Gasteiger partial charge in [-0.3, -0.25) is 0 Å². The number of nitrogens with two attached hydrogens (primary N) is 1. The third kappa shape index (κ3) is 1.50. The van der Waals surface area contributed by atoms with Gasteiger partial charge < -0.3 is 10.5 Å². The Hall–Kier alpha value is -0.0800. The van der Waals surface area contributed by atoms with Crippen LogP contribution in [0.25, 0.3) is 0 Å². The van der Waals surface area contributed by atoms with Crippen molar-refractivity contribution in [1.82, 2.24) is 0 Å². The lowest BCUT2D eigenvalue weighted by Crippen LogP contribution is -2.31. The molecule has 0 spiro atoms. The summed E-state index contributed by atoms with van der Waals surface area (Å²) in [5, 5.41) is 0. The Morgan fingerprint density at radius 3 is 2.50 bits per heavy atom. The zero-order chi connectivity index (χ0) is 7.61. The normalized spacial score (nSPS) is 24.3. The standard InChI is InChI=1S/C8H17NO/c1-3-10-7(6-9)8(2)4-5-8/h7H,3-6,9H2,1-2H3. The van der Waals surface area contributed by atoms with Crippen molar-refractivity contribution in [3.05, 3.63) is 0 Å². The Bertz CT molecular complexity index is 110. The first-order valence-electron chi connectivity index (χ1n) is 4.04. The molecule has 0 aliphatic heterocycles. The summed E-state index contributed by atoms with van der Waals surface area (Å²) in [6, 6.07) is 0. The fourth-order valence-electron chi connectivity index (χ4n) is 1.27. The number of rotatable bonds is 4. The molecule has 0 aromatic carbocycles. The van der Waals surface area contributed by atoms with Crippen molar-refractivity contribution in [2.75, 3.05) is 13.2 Å². The maximum absolute atomic E-state index is 5.56. The highest BCUT2D eigenvalue weighted by molar-refractivity contribution is 4.95. The molecule has 0 amide bonds. The van der Waals surface area contributed by atoms with Crippen LogP contribution in [-0.4, -0.2) is 19.3 Å². The van der Waals surface area contributed by atoms with Crippen LogP contribution in [0.2, 0.25) is 0 Å². The van der Waals surface area contributed by atoms with E-state index in [1.165, 1.54) is 12.8 Å². The predicted molar refractivity (Wildman–Crippen MR) is 41.8 cm³/mol. The van der Waals surface area contributed by atoms with Gasteiger partial charge in [0.25, 0.3) is 0 Å². The van der Waals surface area contributed by atoms with E-state index in [1.807, 2.05) is 6.92 Å². The average molecular weight is 143 g/mol. The summed E-state index contributed by atoms with van der Waals surface area (Å²) in [6.45, 7) is 5.73. The first-order chi connectivity index (χ1) is 4.73. The molecule has 10 heavy (non-hydrogen) atoms. The SMILES string of the molecule is CCOC(CN)C1(C)CC1. The highest BCUT2D eigenvalue weighted by atomic mass is 16.5. The molecule has 0 aromatic heterocycles. The molecule has 2 N–H and O–H groups in total. The molecular weight excluding hydrogens is 126 g/mol. The van der Waals surface area contributed by atoms with Crippen molar-refractivity contribution in [3.63, 3.8) is 0 Å². The van der Waals surface area contributed by atoms with Gasteiger partial charge in [-0.05, 0) is 25.2 Å². The monoisotopic (exact) mass is 143 g/mol. The van der Waals surface area contributed by atoms with Crippen LogP contribution >= 0.6 is 0 Å². The second kappa shape index (κ2) is 2.89. The van der Waals surface area contributed by atoms with Crippen molar-refractivity contribution in [1.29, 1.82) is 0 Å². The lowest BCUT2D eigenvalue weighted by Gasteiger charge is -2.21. The van der Waals surface area contributed by atoms with Crippen LogP contribution in [0.15, 0.2) is 0 Å². The Morgan fingerprint density at radius 2 is 2.20 bits per heavy atom. The van der Waals surface area contributed by atoms with Crippen LogP contribution in [0.5, 0.6) is 0 Å². The van der Waals surface area contributed by atoms with Gasteiger partial charge in [0.15, 0.2) is 0 Å². The van der Waals surface area contributed by atoms with E-state index in [-0.39, 0.29) is 0 Å². The summed E-state index contributed by atoms with van der Waals surface area (Å²) in [6.07, 6.45) is 2.88. The first kappa shape index (κ1) is 8.02. The van der Waals surface area contributed by atoms with Crippen LogP contribution in [0.1, 0.15) is 26.7 Å². The van der Waals surface area contributed by atoms with Gasteiger partial charge in [-0.2, -0.15) is 0 Å². The molecule has 0 aromatic rings. The molecule has 1 atom stereocenters. The second-order valence-corrected chi connectivity index (χ2v) is 3.33. The Morgan fingerprint density at radius 1 is 1.60 bits per heavy atom. The molecule has 60 valence electrons. The minimum Gasteiger partial charge on any atom is -0.377 e. The van der Waals surface area contributed by atoms with Gasteiger partial charge in [0.1, 0.15) is 0 Å². The van der Waals surface area contributed by atoms with Crippen LogP contribution in [-0.2, 0) is 4.74 Å². The van der Waals surface area contributed by atoms with E-state index in [0.29, 0.717) is 18.1 Å². The van der Waals surface area contributed by atoms with E-state index >= 15 is 0 Å². The number of hydrogen-bond donors (Lipinski definition) is 1. The Kier molecular flexibility index (Phi) is 2.32. The molecule has 2 heteroatoms. The maximum Gasteiger partial charge on any atom is 0.0750 e. The summed E-state index contributed by atoms with van der Waals surface area (Å²) in [7, 11) is 0. The fraction of sp³-hybridized carbons (Fsp3) is 1.00. The van der Waals surface area contributed by atoms with E-state index in [0.717, 1.165) is 6.61 Å². The topological polar surface area (TPSA) is 35.2 Å². The van der Waals surface area contributed by atoms with Gasteiger partial charge in [0, 0.05) is 13.2 Å². The third-order valence-corrected chi connectivity index (χ3v) is 2.40. The minimum absolute atomic E-state index is 0.303. The van der Waals surface area contributed by atoms with Gasteiger partial charge in [-0.1, -0.05) is 6.92 Å².